The number of ether oxygens (including phenoxy) is 2. The maximum atomic E-state index is 14.4. The van der Waals surface area contributed by atoms with Gasteiger partial charge in [0.2, 0.25) is 0 Å². The van der Waals surface area contributed by atoms with Crippen LogP contribution in [0.2, 0.25) is 0 Å². The van der Waals surface area contributed by atoms with Crippen LogP contribution in [0.25, 0.3) is 5.69 Å². The van der Waals surface area contributed by atoms with Gasteiger partial charge in [-0.15, -0.1) is 4.68 Å². The lowest BCUT2D eigenvalue weighted by molar-refractivity contribution is 0.243. The highest BCUT2D eigenvalue weighted by molar-refractivity contribution is 5.94. The molecule has 0 radical (unpaired) electrons. The van der Waals surface area contributed by atoms with E-state index in [0.29, 0.717) is 27.4 Å². The third-order valence-corrected chi connectivity index (χ3v) is 4.85. The van der Waals surface area contributed by atoms with E-state index in [0.717, 1.165) is 24.5 Å². The third kappa shape index (κ3) is 4.48. The molecular weight excluding hydrogens is 417 g/mol. The first-order valence-electron chi connectivity index (χ1n) is 10.4. The number of carbonyl (C=O) groups excluding carboxylic acids is 1. The van der Waals surface area contributed by atoms with E-state index in [-0.39, 0.29) is 18.0 Å². The van der Waals surface area contributed by atoms with E-state index < -0.39 is 17.5 Å². The molecule has 0 saturated carbocycles. The van der Waals surface area contributed by atoms with Gasteiger partial charge in [0.1, 0.15) is 17.2 Å². The number of carbonyl (C=O) groups is 1. The molecule has 1 amide bonds. The number of para-hydroxylation sites is 1. The minimum Gasteiger partial charge on any atom is -0.494 e. The standard InChI is InChI=1S/C22H26FN5O4/c1-5-7-13-32-18-12-11-15(3)14-17(18)26(6-2)21(29)28-22(30)27(24-25-28)20-16(23)9-8-10-19(20)31-4/h8-12,14H,5-7,13H2,1-4H3. The first-order chi connectivity index (χ1) is 15.4. The van der Waals surface area contributed by atoms with Gasteiger partial charge in [0.25, 0.3) is 0 Å². The average molecular weight is 443 g/mol. The number of amides is 1. The van der Waals surface area contributed by atoms with Crippen molar-refractivity contribution in [1.82, 2.24) is 19.8 Å². The molecule has 3 aromatic rings. The summed E-state index contributed by atoms with van der Waals surface area (Å²) in [5.41, 5.74) is 0.291. The lowest BCUT2D eigenvalue weighted by atomic mass is 10.2. The summed E-state index contributed by atoms with van der Waals surface area (Å²) in [5, 5.41) is 7.40. The Labute approximate surface area is 184 Å². The third-order valence-electron chi connectivity index (χ3n) is 4.85. The number of rotatable bonds is 8. The zero-order chi connectivity index (χ0) is 23.3. The van der Waals surface area contributed by atoms with Crippen LogP contribution in [-0.2, 0) is 0 Å². The van der Waals surface area contributed by atoms with Gasteiger partial charge >= 0.3 is 11.7 Å². The number of benzene rings is 2. The van der Waals surface area contributed by atoms with E-state index in [4.69, 9.17) is 9.47 Å². The molecule has 0 spiro atoms. The predicted molar refractivity (Wildman–Crippen MR) is 118 cm³/mol. The number of tetrazole rings is 1. The molecule has 170 valence electrons. The number of hydrogen-bond acceptors (Lipinski definition) is 6. The Morgan fingerprint density at radius 3 is 2.62 bits per heavy atom. The summed E-state index contributed by atoms with van der Waals surface area (Å²) in [6, 6.07) is 8.83. The van der Waals surface area contributed by atoms with Crippen LogP contribution in [0.5, 0.6) is 11.5 Å². The van der Waals surface area contributed by atoms with Gasteiger partial charge in [-0.25, -0.2) is 14.0 Å². The number of unbranched alkanes of at least 4 members (excludes halogenated alkanes) is 1. The minimum absolute atomic E-state index is 0.0873. The monoisotopic (exact) mass is 443 g/mol. The summed E-state index contributed by atoms with van der Waals surface area (Å²) in [7, 11) is 1.34. The lowest BCUT2D eigenvalue weighted by Gasteiger charge is -2.23. The van der Waals surface area contributed by atoms with Gasteiger partial charge < -0.3 is 9.47 Å². The van der Waals surface area contributed by atoms with Crippen LogP contribution >= 0.6 is 0 Å². The number of aromatic nitrogens is 4. The number of halogens is 1. The summed E-state index contributed by atoms with van der Waals surface area (Å²) in [5.74, 6) is -0.122. The zero-order valence-corrected chi connectivity index (χ0v) is 18.5. The van der Waals surface area contributed by atoms with Crippen LogP contribution in [0.4, 0.5) is 14.9 Å². The predicted octanol–water partition coefficient (Wildman–Crippen LogP) is 3.56. The van der Waals surface area contributed by atoms with Crippen molar-refractivity contribution in [3.63, 3.8) is 0 Å². The Morgan fingerprint density at radius 1 is 1.16 bits per heavy atom. The van der Waals surface area contributed by atoms with Gasteiger partial charge in [0, 0.05) is 6.54 Å². The van der Waals surface area contributed by atoms with Crippen molar-refractivity contribution < 1.29 is 18.7 Å². The lowest BCUT2D eigenvalue weighted by Crippen LogP contribution is -2.41. The number of methoxy groups -OCH3 is 1. The molecule has 0 N–H and O–H groups in total. The summed E-state index contributed by atoms with van der Waals surface area (Å²) in [4.78, 5) is 27.6. The fraction of sp³-hybridized carbons (Fsp3) is 0.364. The van der Waals surface area contributed by atoms with Crippen LogP contribution in [0, 0.1) is 12.7 Å². The summed E-state index contributed by atoms with van der Waals surface area (Å²) in [6.07, 6.45) is 1.83. The highest BCUT2D eigenvalue weighted by Gasteiger charge is 2.26. The Hall–Kier alpha value is -3.69. The second-order valence-corrected chi connectivity index (χ2v) is 7.08. The summed E-state index contributed by atoms with van der Waals surface area (Å²) >= 11 is 0. The molecule has 1 heterocycles. The minimum atomic E-state index is -0.919. The van der Waals surface area contributed by atoms with Gasteiger partial charge in [-0.3, -0.25) is 4.90 Å². The smallest absolute Gasteiger partial charge is 0.377 e. The fourth-order valence-corrected chi connectivity index (χ4v) is 3.18. The molecule has 0 aliphatic heterocycles. The zero-order valence-electron chi connectivity index (χ0n) is 18.5. The van der Waals surface area contributed by atoms with Gasteiger partial charge in [-0.2, -0.15) is 4.68 Å². The first-order valence-corrected chi connectivity index (χ1v) is 10.4. The molecule has 0 aliphatic carbocycles. The quantitative estimate of drug-likeness (QED) is 0.391. The highest BCUT2D eigenvalue weighted by atomic mass is 19.1. The van der Waals surface area contributed by atoms with Gasteiger partial charge in [0.15, 0.2) is 5.82 Å². The second-order valence-electron chi connectivity index (χ2n) is 7.08. The van der Waals surface area contributed by atoms with E-state index in [1.165, 1.54) is 24.1 Å². The van der Waals surface area contributed by atoms with E-state index >= 15 is 0 Å². The molecule has 3 rings (SSSR count). The molecule has 0 bridgehead atoms. The normalized spacial score (nSPS) is 10.8. The number of anilines is 1. The van der Waals surface area contributed by atoms with Crippen molar-refractivity contribution >= 4 is 11.7 Å². The number of hydrogen-bond donors (Lipinski definition) is 0. The molecule has 0 unspecified atom stereocenters. The van der Waals surface area contributed by atoms with E-state index in [2.05, 4.69) is 17.4 Å². The van der Waals surface area contributed by atoms with Crippen LogP contribution in [0.1, 0.15) is 32.3 Å². The Morgan fingerprint density at radius 2 is 1.94 bits per heavy atom. The Kier molecular flexibility index (Phi) is 7.24. The van der Waals surface area contributed by atoms with Crippen LogP contribution in [-0.4, -0.2) is 46.1 Å². The number of aryl methyl sites for hydroxylation is 1. The second kappa shape index (κ2) is 10.1. The van der Waals surface area contributed by atoms with Crippen LogP contribution < -0.4 is 20.1 Å². The molecule has 0 saturated heterocycles. The first kappa shape index (κ1) is 23.0. The topological polar surface area (TPSA) is 91.5 Å². The fourth-order valence-electron chi connectivity index (χ4n) is 3.18. The van der Waals surface area contributed by atoms with E-state index in [1.807, 2.05) is 13.0 Å². The average Bonchev–Trinajstić information content (AvgIpc) is 3.16. The molecule has 32 heavy (non-hydrogen) atoms. The Bertz CT molecular complexity index is 1160. The SMILES string of the molecule is CCCCOc1ccc(C)cc1N(CC)C(=O)n1nnn(-c2c(F)cccc2OC)c1=O. The molecule has 1 aromatic heterocycles. The molecule has 0 atom stereocenters. The molecular formula is C22H26FN5O4. The highest BCUT2D eigenvalue weighted by Crippen LogP contribution is 2.30. The maximum Gasteiger partial charge on any atom is 0.377 e. The van der Waals surface area contributed by atoms with Crippen LogP contribution in [0.15, 0.2) is 41.2 Å². The van der Waals surface area contributed by atoms with Crippen molar-refractivity contribution in [2.45, 2.75) is 33.6 Å². The van der Waals surface area contributed by atoms with Crippen molar-refractivity contribution in [1.29, 1.82) is 0 Å². The number of nitrogens with zero attached hydrogens (tertiary/aromatic N) is 5. The molecule has 0 fully saturated rings. The van der Waals surface area contributed by atoms with Crippen LogP contribution in [0.3, 0.4) is 0 Å². The van der Waals surface area contributed by atoms with E-state index in [9.17, 15) is 14.0 Å². The molecule has 2 aromatic carbocycles. The molecule has 9 nitrogen and oxygen atoms in total. The van der Waals surface area contributed by atoms with Crippen molar-refractivity contribution in [2.24, 2.45) is 0 Å². The molecule has 0 aliphatic rings. The van der Waals surface area contributed by atoms with Gasteiger partial charge in [0.05, 0.1) is 19.4 Å². The summed E-state index contributed by atoms with van der Waals surface area (Å²) < 4.78 is 26.7. The molecule has 10 heteroatoms. The largest absolute Gasteiger partial charge is 0.494 e. The summed E-state index contributed by atoms with van der Waals surface area (Å²) in [6.45, 7) is 6.47. The van der Waals surface area contributed by atoms with Gasteiger partial charge in [-0.1, -0.05) is 25.5 Å². The maximum absolute atomic E-state index is 14.4. The van der Waals surface area contributed by atoms with Crippen molar-refractivity contribution in [2.75, 3.05) is 25.2 Å². The Balaban J connectivity index is 2.02. The van der Waals surface area contributed by atoms with E-state index in [1.54, 1.807) is 19.1 Å². The van der Waals surface area contributed by atoms with Crippen molar-refractivity contribution in [3.05, 3.63) is 58.3 Å². The van der Waals surface area contributed by atoms with Gasteiger partial charge in [-0.05, 0) is 60.5 Å². The van der Waals surface area contributed by atoms with Crippen molar-refractivity contribution in [3.8, 4) is 17.2 Å².